The van der Waals surface area contributed by atoms with Crippen LogP contribution < -0.4 is 0 Å². The molecular weight excluding hydrogens is 311 g/mol. The standard InChI is InChI=1S/C11H5BrCl2N2/c12-9-8(5-15)10(16-11(9)14)6-1-3-7(13)4-2-6/h1-4,16H. The third-order valence-electron chi connectivity index (χ3n) is 2.14. The van der Waals surface area contributed by atoms with Crippen LogP contribution in [0.5, 0.6) is 0 Å². The summed E-state index contributed by atoms with van der Waals surface area (Å²) in [5.74, 6) is 0. The van der Waals surface area contributed by atoms with Gasteiger partial charge in [-0.1, -0.05) is 35.3 Å². The molecule has 0 amide bonds. The Balaban J connectivity index is 2.61. The molecule has 1 aromatic heterocycles. The molecule has 0 atom stereocenters. The molecule has 0 unspecified atom stereocenters. The van der Waals surface area contributed by atoms with Gasteiger partial charge in [0.1, 0.15) is 11.2 Å². The molecule has 0 aliphatic heterocycles. The number of hydrogen-bond acceptors (Lipinski definition) is 1. The van der Waals surface area contributed by atoms with Gasteiger partial charge < -0.3 is 4.98 Å². The van der Waals surface area contributed by atoms with Crippen molar-refractivity contribution in [3.63, 3.8) is 0 Å². The predicted octanol–water partition coefficient (Wildman–Crippen LogP) is 4.62. The number of aromatic nitrogens is 1. The van der Waals surface area contributed by atoms with E-state index in [2.05, 4.69) is 27.0 Å². The van der Waals surface area contributed by atoms with Crippen molar-refractivity contribution in [1.29, 1.82) is 5.26 Å². The van der Waals surface area contributed by atoms with Crippen molar-refractivity contribution in [3.8, 4) is 17.3 Å². The van der Waals surface area contributed by atoms with E-state index in [1.165, 1.54) is 0 Å². The van der Waals surface area contributed by atoms with Crippen LogP contribution in [0.15, 0.2) is 28.7 Å². The highest BCUT2D eigenvalue weighted by Crippen LogP contribution is 2.34. The summed E-state index contributed by atoms with van der Waals surface area (Å²) in [6.45, 7) is 0. The topological polar surface area (TPSA) is 39.6 Å². The molecule has 0 radical (unpaired) electrons. The Labute approximate surface area is 111 Å². The van der Waals surface area contributed by atoms with Crippen LogP contribution in [0.25, 0.3) is 11.3 Å². The van der Waals surface area contributed by atoms with Gasteiger partial charge in [-0.15, -0.1) is 0 Å². The van der Waals surface area contributed by atoms with Crippen LogP contribution >= 0.6 is 39.1 Å². The summed E-state index contributed by atoms with van der Waals surface area (Å²) in [4.78, 5) is 2.95. The number of halogens is 3. The monoisotopic (exact) mass is 314 g/mol. The summed E-state index contributed by atoms with van der Waals surface area (Å²) in [5.41, 5.74) is 2.05. The highest BCUT2D eigenvalue weighted by molar-refractivity contribution is 9.10. The first kappa shape index (κ1) is 11.5. The number of rotatable bonds is 1. The van der Waals surface area contributed by atoms with E-state index >= 15 is 0 Å². The number of aromatic amines is 1. The highest BCUT2D eigenvalue weighted by Gasteiger charge is 2.15. The number of nitriles is 1. The zero-order chi connectivity index (χ0) is 11.7. The Bertz CT molecular complexity index is 567. The van der Waals surface area contributed by atoms with Gasteiger partial charge in [0.05, 0.1) is 15.7 Å². The van der Waals surface area contributed by atoms with Crippen LogP contribution in [0.1, 0.15) is 5.56 Å². The van der Waals surface area contributed by atoms with E-state index in [4.69, 9.17) is 28.5 Å². The van der Waals surface area contributed by atoms with Crippen molar-refractivity contribution in [2.45, 2.75) is 0 Å². The number of nitrogens with zero attached hydrogens (tertiary/aromatic N) is 1. The molecular formula is C11H5BrCl2N2. The average molecular weight is 316 g/mol. The van der Waals surface area contributed by atoms with E-state index in [0.29, 0.717) is 25.9 Å². The van der Waals surface area contributed by atoms with Crippen LogP contribution in [0, 0.1) is 11.3 Å². The van der Waals surface area contributed by atoms with Gasteiger partial charge in [0.25, 0.3) is 0 Å². The Morgan fingerprint density at radius 3 is 2.38 bits per heavy atom. The van der Waals surface area contributed by atoms with Crippen molar-refractivity contribution < 1.29 is 0 Å². The molecule has 1 heterocycles. The van der Waals surface area contributed by atoms with E-state index in [1.807, 2.05) is 12.1 Å². The lowest BCUT2D eigenvalue weighted by atomic mass is 10.1. The summed E-state index contributed by atoms with van der Waals surface area (Å²) < 4.78 is 0.585. The van der Waals surface area contributed by atoms with E-state index in [-0.39, 0.29) is 0 Å². The Kier molecular flexibility index (Phi) is 3.25. The molecule has 0 spiro atoms. The second-order valence-corrected chi connectivity index (χ2v) is 4.73. The highest BCUT2D eigenvalue weighted by atomic mass is 79.9. The number of hydrogen-bond donors (Lipinski definition) is 1. The summed E-state index contributed by atoms with van der Waals surface area (Å²) in [5, 5.41) is 10.1. The minimum absolute atomic E-state index is 0.418. The average Bonchev–Trinajstić information content (AvgIpc) is 2.56. The van der Waals surface area contributed by atoms with Crippen LogP contribution in [0.4, 0.5) is 0 Å². The van der Waals surface area contributed by atoms with Crippen molar-refractivity contribution in [1.82, 2.24) is 4.98 Å². The van der Waals surface area contributed by atoms with Crippen molar-refractivity contribution in [2.24, 2.45) is 0 Å². The molecule has 0 saturated heterocycles. The van der Waals surface area contributed by atoms with Crippen molar-refractivity contribution in [3.05, 3.63) is 44.5 Å². The molecule has 5 heteroatoms. The van der Waals surface area contributed by atoms with Gasteiger partial charge in [0, 0.05) is 5.02 Å². The summed E-state index contributed by atoms with van der Waals surface area (Å²) in [7, 11) is 0. The van der Waals surface area contributed by atoms with Crippen LogP contribution in [-0.2, 0) is 0 Å². The first-order valence-electron chi connectivity index (χ1n) is 4.36. The molecule has 1 aromatic carbocycles. The molecule has 1 N–H and O–H groups in total. The number of nitrogens with one attached hydrogen (secondary N) is 1. The molecule has 0 aliphatic carbocycles. The smallest absolute Gasteiger partial charge is 0.122 e. The molecule has 80 valence electrons. The van der Waals surface area contributed by atoms with Crippen molar-refractivity contribution in [2.75, 3.05) is 0 Å². The van der Waals surface area contributed by atoms with Gasteiger partial charge in [-0.3, -0.25) is 0 Å². The fraction of sp³-hybridized carbons (Fsp3) is 0. The molecule has 2 aromatic rings. The summed E-state index contributed by atoms with van der Waals surface area (Å²) in [6.07, 6.45) is 0. The van der Waals surface area contributed by atoms with Gasteiger partial charge in [0.2, 0.25) is 0 Å². The van der Waals surface area contributed by atoms with Gasteiger partial charge in [-0.05, 0) is 33.6 Å². The van der Waals surface area contributed by atoms with Gasteiger partial charge in [0.15, 0.2) is 0 Å². The Morgan fingerprint density at radius 2 is 1.81 bits per heavy atom. The van der Waals surface area contributed by atoms with Crippen LogP contribution in [0.3, 0.4) is 0 Å². The third kappa shape index (κ3) is 1.97. The molecule has 0 bridgehead atoms. The first-order chi connectivity index (χ1) is 7.63. The van der Waals surface area contributed by atoms with E-state index in [1.54, 1.807) is 12.1 Å². The summed E-state index contributed by atoms with van der Waals surface area (Å²) >= 11 is 15.0. The fourth-order valence-electron chi connectivity index (χ4n) is 1.38. The Morgan fingerprint density at radius 1 is 1.19 bits per heavy atom. The normalized spacial score (nSPS) is 10.1. The van der Waals surface area contributed by atoms with Gasteiger partial charge >= 0.3 is 0 Å². The lowest BCUT2D eigenvalue weighted by Crippen LogP contribution is -1.81. The molecule has 0 aliphatic rings. The molecule has 0 fully saturated rings. The number of benzene rings is 1. The molecule has 0 saturated carbocycles. The van der Waals surface area contributed by atoms with Crippen molar-refractivity contribution >= 4 is 39.1 Å². The summed E-state index contributed by atoms with van der Waals surface area (Å²) in [6, 6.07) is 9.29. The van der Waals surface area contributed by atoms with E-state index in [0.717, 1.165) is 5.56 Å². The Hall–Kier alpha value is -0.950. The van der Waals surface area contributed by atoms with Gasteiger partial charge in [-0.25, -0.2) is 0 Å². The molecule has 2 nitrogen and oxygen atoms in total. The molecule has 16 heavy (non-hydrogen) atoms. The largest absolute Gasteiger partial charge is 0.344 e. The maximum atomic E-state index is 9.04. The van der Waals surface area contributed by atoms with Crippen LogP contribution in [0.2, 0.25) is 10.2 Å². The lowest BCUT2D eigenvalue weighted by Gasteiger charge is -1.99. The number of H-pyrrole nitrogens is 1. The molecule has 2 rings (SSSR count). The predicted molar refractivity (Wildman–Crippen MR) is 68.7 cm³/mol. The second kappa shape index (κ2) is 4.50. The fourth-order valence-corrected chi connectivity index (χ4v) is 2.09. The minimum Gasteiger partial charge on any atom is -0.344 e. The van der Waals surface area contributed by atoms with Gasteiger partial charge in [-0.2, -0.15) is 5.26 Å². The maximum absolute atomic E-state index is 9.04. The quantitative estimate of drug-likeness (QED) is 0.819. The van der Waals surface area contributed by atoms with Crippen LogP contribution in [-0.4, -0.2) is 4.98 Å². The SMILES string of the molecule is N#Cc1c(-c2ccc(Cl)cc2)[nH]c(Cl)c1Br. The second-order valence-electron chi connectivity index (χ2n) is 3.12. The zero-order valence-corrected chi connectivity index (χ0v) is 11.0. The first-order valence-corrected chi connectivity index (χ1v) is 5.91. The third-order valence-corrected chi connectivity index (χ3v) is 3.70. The van der Waals surface area contributed by atoms with E-state index < -0.39 is 0 Å². The minimum atomic E-state index is 0.418. The maximum Gasteiger partial charge on any atom is 0.122 e. The van der Waals surface area contributed by atoms with E-state index in [9.17, 15) is 0 Å². The zero-order valence-electron chi connectivity index (χ0n) is 7.89. The lowest BCUT2D eigenvalue weighted by molar-refractivity contribution is 1.39.